The largest absolute Gasteiger partial charge is 0.454 e. The number of nitrogens with zero attached hydrogens (tertiary/aromatic N) is 2. The van der Waals surface area contributed by atoms with Gasteiger partial charge in [-0.15, -0.1) is 0 Å². The number of amides is 2. The zero-order chi connectivity index (χ0) is 33.7. The van der Waals surface area contributed by atoms with E-state index in [1.807, 2.05) is 75.4 Å². The fourth-order valence-electron chi connectivity index (χ4n) is 5.91. The van der Waals surface area contributed by atoms with Gasteiger partial charge in [0.25, 0.3) is 5.91 Å². The van der Waals surface area contributed by atoms with E-state index in [9.17, 15) is 22.4 Å². The third kappa shape index (κ3) is 5.81. The van der Waals surface area contributed by atoms with E-state index < -0.39 is 27.3 Å². The predicted molar refractivity (Wildman–Crippen MR) is 183 cm³/mol. The van der Waals surface area contributed by atoms with Gasteiger partial charge in [0, 0.05) is 41.0 Å². The van der Waals surface area contributed by atoms with Crippen molar-refractivity contribution in [3.05, 3.63) is 108 Å². The molecule has 47 heavy (non-hydrogen) atoms. The normalized spacial score (nSPS) is 12.0. The number of nitrogens with one attached hydrogen (secondary N) is 1. The van der Waals surface area contributed by atoms with E-state index in [2.05, 4.69) is 5.32 Å². The van der Waals surface area contributed by atoms with Gasteiger partial charge >= 0.3 is 0 Å². The second-order valence-electron chi connectivity index (χ2n) is 12.5. The van der Waals surface area contributed by atoms with Crippen LogP contribution in [-0.2, 0) is 21.4 Å². The zero-order valence-electron chi connectivity index (χ0n) is 26.7. The maximum Gasteiger partial charge on any atom is 0.255 e. The quantitative estimate of drug-likeness (QED) is 0.172. The molecule has 2 heterocycles. The lowest BCUT2D eigenvalue weighted by molar-refractivity contribution is -0.123. The van der Waals surface area contributed by atoms with Gasteiger partial charge in [-0.2, -0.15) is 0 Å². The number of furan rings is 1. The number of aromatic nitrogens is 1. The Kier molecular flexibility index (Phi) is 8.01. The molecule has 6 rings (SSSR count). The fraction of sp³-hybridized carbons (Fsp3) is 0.189. The van der Waals surface area contributed by atoms with Gasteiger partial charge in [-0.1, -0.05) is 48.5 Å². The van der Waals surface area contributed by atoms with Crippen LogP contribution in [0.3, 0.4) is 0 Å². The van der Waals surface area contributed by atoms with Crippen LogP contribution in [-0.4, -0.2) is 48.4 Å². The van der Waals surface area contributed by atoms with Gasteiger partial charge in [-0.05, 0) is 79.9 Å². The molecule has 8 nitrogen and oxygen atoms in total. The summed E-state index contributed by atoms with van der Waals surface area (Å²) in [4.78, 5) is 27.2. The summed E-state index contributed by atoms with van der Waals surface area (Å²) >= 11 is 0. The van der Waals surface area contributed by atoms with Gasteiger partial charge < -0.3 is 14.6 Å². The van der Waals surface area contributed by atoms with Crippen molar-refractivity contribution in [1.29, 1.82) is 0 Å². The Labute approximate surface area is 272 Å². The average Bonchev–Trinajstić information content (AvgIpc) is 3.63. The van der Waals surface area contributed by atoms with E-state index in [-0.39, 0.29) is 11.3 Å². The zero-order valence-corrected chi connectivity index (χ0v) is 27.5. The summed E-state index contributed by atoms with van der Waals surface area (Å²) in [6, 6.07) is 25.9. The summed E-state index contributed by atoms with van der Waals surface area (Å²) in [5, 5.41) is 3.64. The Bertz CT molecular complexity index is 2270. The molecule has 2 aromatic heterocycles. The predicted octanol–water partition coefficient (Wildman–Crippen LogP) is 7.45. The van der Waals surface area contributed by atoms with Crippen molar-refractivity contribution in [3.8, 4) is 33.7 Å². The lowest BCUT2D eigenvalue weighted by atomic mass is 9.96. The smallest absolute Gasteiger partial charge is 0.255 e. The third-order valence-electron chi connectivity index (χ3n) is 8.23. The number of hydrogen-bond donors (Lipinski definition) is 1. The molecule has 240 valence electrons. The molecule has 0 bridgehead atoms. The molecule has 0 unspecified atom stereocenters. The lowest BCUT2D eigenvalue weighted by Crippen LogP contribution is -2.39. The van der Waals surface area contributed by atoms with E-state index in [1.54, 1.807) is 17.0 Å². The summed E-state index contributed by atoms with van der Waals surface area (Å²) in [7, 11) is -2.38. The van der Waals surface area contributed by atoms with Gasteiger partial charge in [0.1, 0.15) is 17.2 Å². The van der Waals surface area contributed by atoms with E-state index in [4.69, 9.17) is 4.42 Å². The van der Waals surface area contributed by atoms with Crippen LogP contribution in [0.2, 0.25) is 0 Å². The molecule has 0 fully saturated rings. The van der Waals surface area contributed by atoms with Crippen LogP contribution in [0, 0.1) is 5.82 Å². The van der Waals surface area contributed by atoms with Crippen LogP contribution in [0.4, 0.5) is 4.39 Å². The maximum atomic E-state index is 13.9. The van der Waals surface area contributed by atoms with Gasteiger partial charge in [0.05, 0.1) is 23.0 Å². The first kappa shape index (κ1) is 31.7. The number of carbonyl (C=O) groups excluding carboxylic acids is 2. The minimum absolute atomic E-state index is 0.228. The van der Waals surface area contributed by atoms with Crippen LogP contribution in [0.5, 0.6) is 0 Å². The molecule has 1 N–H and O–H groups in total. The standard InChI is InChI=1S/C37H34FN3O5S/c1-37(2,3)40(22-42)21-23-10-9-13-26(18-23)28-19-29-32(36(43)39-4)34(25-14-16-27(38)17-15-25)46-35(29)30-20-31(24-11-7-6-8-12-24)41(33(28)30)47(5,44)45/h6-20,22H,21H2,1-5H3,(H,39,43). The minimum atomic E-state index is -3.90. The second kappa shape index (κ2) is 11.9. The van der Waals surface area contributed by atoms with E-state index in [0.29, 0.717) is 56.4 Å². The Morgan fingerprint density at radius 1 is 0.915 bits per heavy atom. The van der Waals surface area contributed by atoms with E-state index in [1.165, 1.54) is 35.3 Å². The Balaban J connectivity index is 1.75. The van der Waals surface area contributed by atoms with Crippen LogP contribution < -0.4 is 5.32 Å². The number of rotatable bonds is 8. The molecule has 0 spiro atoms. The summed E-state index contributed by atoms with van der Waals surface area (Å²) < 4.78 is 49.0. The van der Waals surface area contributed by atoms with Crippen LogP contribution in [0.1, 0.15) is 36.7 Å². The van der Waals surface area contributed by atoms with Crippen molar-refractivity contribution in [2.24, 2.45) is 0 Å². The highest BCUT2D eigenvalue weighted by Gasteiger charge is 2.29. The van der Waals surface area contributed by atoms with Crippen LogP contribution in [0.15, 0.2) is 95.4 Å². The van der Waals surface area contributed by atoms with Crippen molar-refractivity contribution < 1.29 is 26.8 Å². The molecule has 0 atom stereocenters. The molecule has 10 heteroatoms. The first-order chi connectivity index (χ1) is 22.3. The lowest BCUT2D eigenvalue weighted by Gasteiger charge is -2.32. The maximum absolute atomic E-state index is 13.9. The number of benzene rings is 4. The molecule has 0 aliphatic carbocycles. The summed E-state index contributed by atoms with van der Waals surface area (Å²) in [5.41, 5.74) is 4.16. The van der Waals surface area contributed by atoms with Crippen molar-refractivity contribution in [1.82, 2.24) is 14.2 Å². The summed E-state index contributed by atoms with van der Waals surface area (Å²) in [6.45, 7) is 6.18. The first-order valence-electron chi connectivity index (χ1n) is 15.0. The second-order valence-corrected chi connectivity index (χ2v) is 14.3. The Morgan fingerprint density at radius 2 is 1.60 bits per heavy atom. The molecule has 6 aromatic rings. The summed E-state index contributed by atoms with van der Waals surface area (Å²) in [6.07, 6.45) is 1.96. The highest BCUT2D eigenvalue weighted by molar-refractivity contribution is 7.89. The van der Waals surface area contributed by atoms with Crippen molar-refractivity contribution in [2.45, 2.75) is 32.9 Å². The molecular weight excluding hydrogens is 617 g/mol. The minimum Gasteiger partial charge on any atom is -0.454 e. The average molecular weight is 652 g/mol. The van der Waals surface area contributed by atoms with Crippen molar-refractivity contribution in [2.75, 3.05) is 13.3 Å². The van der Waals surface area contributed by atoms with Gasteiger partial charge in [-0.3, -0.25) is 9.59 Å². The number of halogens is 1. The SMILES string of the molecule is CNC(=O)c1c(-c2ccc(F)cc2)oc2c1cc(-c1cccc(CN(C=O)C(C)(C)C)c1)c1c2cc(-c2ccccc2)n1S(C)(=O)=O. The van der Waals surface area contributed by atoms with Crippen LogP contribution in [0.25, 0.3) is 55.6 Å². The van der Waals surface area contributed by atoms with E-state index >= 15 is 0 Å². The molecule has 0 radical (unpaired) electrons. The topological polar surface area (TPSA) is 102 Å². The highest BCUT2D eigenvalue weighted by atomic mass is 32.2. The highest BCUT2D eigenvalue weighted by Crippen LogP contribution is 2.45. The van der Waals surface area contributed by atoms with E-state index in [0.717, 1.165) is 18.2 Å². The Hall–Kier alpha value is -5.22. The van der Waals surface area contributed by atoms with Crippen molar-refractivity contribution >= 4 is 44.2 Å². The Morgan fingerprint density at radius 3 is 2.21 bits per heavy atom. The molecule has 4 aromatic carbocycles. The van der Waals surface area contributed by atoms with Gasteiger partial charge in [0.15, 0.2) is 0 Å². The molecular formula is C37H34FN3O5S. The van der Waals surface area contributed by atoms with Crippen LogP contribution >= 0.6 is 0 Å². The molecule has 0 aliphatic rings. The molecule has 0 aliphatic heterocycles. The first-order valence-corrected chi connectivity index (χ1v) is 16.9. The number of carbonyl (C=O) groups is 2. The van der Waals surface area contributed by atoms with Gasteiger partial charge in [-0.25, -0.2) is 16.8 Å². The van der Waals surface area contributed by atoms with Gasteiger partial charge in [0.2, 0.25) is 16.4 Å². The molecule has 0 saturated heterocycles. The molecule has 2 amide bonds. The third-order valence-corrected chi connectivity index (χ3v) is 9.28. The number of hydrogen-bond acceptors (Lipinski definition) is 5. The van der Waals surface area contributed by atoms with Crippen molar-refractivity contribution in [3.63, 3.8) is 0 Å². The fourth-order valence-corrected chi connectivity index (χ4v) is 6.95. The summed E-state index contributed by atoms with van der Waals surface area (Å²) in [5.74, 6) is -0.625. The monoisotopic (exact) mass is 651 g/mol. The number of fused-ring (bicyclic) bond motifs is 3. The molecule has 0 saturated carbocycles.